The van der Waals surface area contributed by atoms with Gasteiger partial charge >= 0.3 is 0 Å². The fraction of sp³-hybridized carbons (Fsp3) is 1.00. The Hall–Kier alpha value is -1.20. The van der Waals surface area contributed by atoms with E-state index in [-0.39, 0.29) is 0 Å². The van der Waals surface area contributed by atoms with E-state index in [1.165, 1.54) is 0 Å². The van der Waals surface area contributed by atoms with E-state index in [9.17, 15) is 91.9 Å². The fourth-order valence-corrected chi connectivity index (χ4v) is 8.93. The maximum Gasteiger partial charge on any atom is 0.187 e. The van der Waals surface area contributed by atoms with Crippen LogP contribution in [0.15, 0.2) is 0 Å². The van der Waals surface area contributed by atoms with E-state index in [4.69, 9.17) is 56.8 Å². The quantitative estimate of drug-likeness (QED) is 0.117. The molecular formula is C36H60O30. The number of rotatable bonds is 6. The maximum atomic E-state index is 11.2. The Morgan fingerprint density at radius 2 is 0.303 bits per heavy atom. The first-order chi connectivity index (χ1) is 31.4. The van der Waals surface area contributed by atoms with Gasteiger partial charge in [-0.2, -0.15) is 0 Å². The van der Waals surface area contributed by atoms with Crippen molar-refractivity contribution in [3.8, 4) is 0 Å². The molecule has 22 saturated heterocycles. The van der Waals surface area contributed by atoms with Crippen LogP contribution in [0, 0.1) is 0 Å². The normalized spacial score (nSPS) is 55.4. The van der Waals surface area contributed by atoms with Gasteiger partial charge in [-0.1, -0.05) is 0 Å². The topological polar surface area (TPSA) is 475 Å². The second kappa shape index (κ2) is 22.1. The van der Waals surface area contributed by atoms with Crippen molar-refractivity contribution in [2.45, 2.75) is 184 Å². The Bertz CT molecular complexity index is 1230. The Kier molecular flexibility index (Phi) is 17.6. The molecule has 0 aromatic carbocycles. The van der Waals surface area contributed by atoms with Crippen LogP contribution in [0.3, 0.4) is 0 Å². The molecule has 66 heavy (non-hydrogen) atoms. The highest BCUT2D eigenvalue weighted by Crippen LogP contribution is 2.38. The lowest BCUT2D eigenvalue weighted by molar-refractivity contribution is -0.404. The van der Waals surface area contributed by atoms with Gasteiger partial charge < -0.3 is 149 Å². The van der Waals surface area contributed by atoms with E-state index in [2.05, 4.69) is 0 Å². The summed E-state index contributed by atoms with van der Waals surface area (Å²) in [5.74, 6) is 0. The molecule has 0 radical (unpaired) electrons. The minimum Gasteiger partial charge on any atom is -0.394 e. The summed E-state index contributed by atoms with van der Waals surface area (Å²) in [4.78, 5) is 0. The SMILES string of the molecule is OCC1O[C@@H]2O[C@H]3[C@@H](O)[C@H](O)[C@@H](O[C@H]4[C@@H](O)[C@H](O)[C@@H](O[C@H]5[C@@H](O)[C@H](O)[C@@H](O[C@H]6[C@@H](O)[C@H](O)[C@@H](O[C@H]7[C@@H](O)[C@H](O)[C@@H](O[C@H]1[C@@H](O)[C@@H]2O)O[C@@H]7CO)O[C@@H]6CO)O[C@@H]5CO)O[C@@H]4CO)O[C@@H]3CO. The standard InChI is InChI=1S/C36H60O30/c37-1-7-25-13(43)19(49)31(55-7)62-26-8(2-38)57-33(21(51)15(26)45)64-28-10(4-40)59-35(23(53)17(28)47)66-30-12(6-42)60-36(24(54)18(30)48)65-29-11(5-41)58-34(22(52)16(29)46)63-27-9(3-39)56-32(61-25)20(50)14(27)44/h7-54H,1-6H2/t7-,8-,9-,10-,11-,12?,13+,14+,15+,16+,17+,18+,19+,20+,21+,22+,23+,24+,25-,26-,27-,28-,29-,30-,31-,32-,33-,34-,35-,36-/m1/s1. The number of hydrogen-bond acceptors (Lipinski definition) is 30. The summed E-state index contributed by atoms with van der Waals surface area (Å²) in [6.45, 7) is -5.99. The molecule has 0 aliphatic carbocycles. The van der Waals surface area contributed by atoms with Gasteiger partial charge in [0.05, 0.1) is 39.6 Å². The lowest BCUT2D eigenvalue weighted by Crippen LogP contribution is -2.69. The summed E-state index contributed by atoms with van der Waals surface area (Å²) in [6, 6.07) is 0. The molecule has 22 aliphatic rings. The van der Waals surface area contributed by atoms with Crippen molar-refractivity contribution >= 4 is 0 Å². The predicted octanol–water partition coefficient (Wildman–Crippen LogP) is -13.1. The molecular weight excluding hydrogens is 912 g/mol. The van der Waals surface area contributed by atoms with Gasteiger partial charge in [0.2, 0.25) is 0 Å². The van der Waals surface area contributed by atoms with E-state index in [0.717, 1.165) is 0 Å². The second-order valence-corrected chi connectivity index (χ2v) is 16.8. The van der Waals surface area contributed by atoms with Crippen molar-refractivity contribution in [2.24, 2.45) is 0 Å². The Morgan fingerprint density at radius 1 is 0.182 bits per heavy atom. The summed E-state index contributed by atoms with van der Waals surface area (Å²) in [5.41, 5.74) is 0. The smallest absolute Gasteiger partial charge is 0.187 e. The molecule has 22 rings (SSSR count). The lowest BCUT2D eigenvalue weighted by Gasteiger charge is -2.50. The van der Waals surface area contributed by atoms with Crippen LogP contribution in [0.5, 0.6) is 0 Å². The zero-order chi connectivity index (χ0) is 48.0. The van der Waals surface area contributed by atoms with E-state index in [0.29, 0.717) is 0 Å². The van der Waals surface area contributed by atoms with Gasteiger partial charge in [-0.25, -0.2) is 0 Å². The van der Waals surface area contributed by atoms with E-state index >= 15 is 0 Å². The van der Waals surface area contributed by atoms with Crippen LogP contribution in [0.25, 0.3) is 0 Å². The summed E-state index contributed by atoms with van der Waals surface area (Å²) in [6.07, 6.45) is -58.5. The maximum absolute atomic E-state index is 11.2. The van der Waals surface area contributed by atoms with Gasteiger partial charge in [-0.3, -0.25) is 0 Å². The molecule has 0 aromatic rings. The highest BCUT2D eigenvalue weighted by molar-refractivity contribution is 5.01. The van der Waals surface area contributed by atoms with E-state index < -0.39 is 224 Å². The molecule has 22 fully saturated rings. The molecule has 0 aromatic heterocycles. The molecule has 0 amide bonds. The van der Waals surface area contributed by atoms with Crippen molar-refractivity contribution in [3.05, 3.63) is 0 Å². The van der Waals surface area contributed by atoms with Crippen molar-refractivity contribution in [3.63, 3.8) is 0 Å². The monoisotopic (exact) mass is 972 g/mol. The Morgan fingerprint density at radius 3 is 0.409 bits per heavy atom. The van der Waals surface area contributed by atoms with Crippen LogP contribution in [-0.4, -0.2) is 316 Å². The predicted molar refractivity (Wildman–Crippen MR) is 196 cm³/mol. The third-order valence-corrected chi connectivity index (χ3v) is 12.7. The number of aliphatic hydroxyl groups excluding tert-OH is 18. The first-order valence-electron chi connectivity index (χ1n) is 21.1. The minimum absolute atomic E-state index is 0.999. The zero-order valence-electron chi connectivity index (χ0n) is 34.5. The van der Waals surface area contributed by atoms with Crippen molar-refractivity contribution in [1.29, 1.82) is 0 Å². The summed E-state index contributed by atoms with van der Waals surface area (Å²) >= 11 is 0. The molecule has 0 spiro atoms. The highest BCUT2D eigenvalue weighted by atomic mass is 16.8. The molecule has 30 heteroatoms. The van der Waals surface area contributed by atoms with E-state index in [1.54, 1.807) is 0 Å². The highest BCUT2D eigenvalue weighted by Gasteiger charge is 2.58. The van der Waals surface area contributed by atoms with Gasteiger partial charge in [0.15, 0.2) is 37.7 Å². The Labute approximate surface area is 372 Å². The van der Waals surface area contributed by atoms with E-state index in [1.807, 2.05) is 0 Å². The Balaban J connectivity index is 1.19. The van der Waals surface area contributed by atoms with Crippen LogP contribution in [-0.2, 0) is 56.8 Å². The van der Waals surface area contributed by atoms with Crippen LogP contribution in [0.4, 0.5) is 0 Å². The number of hydrogen-bond donors (Lipinski definition) is 18. The molecule has 30 atom stereocenters. The molecule has 18 N–H and O–H groups in total. The summed E-state index contributed by atoms with van der Waals surface area (Å²) in [7, 11) is 0. The molecule has 22 aliphatic heterocycles. The molecule has 22 heterocycles. The number of aliphatic hydroxyl groups is 18. The average molecular weight is 973 g/mol. The van der Waals surface area contributed by atoms with Crippen LogP contribution < -0.4 is 0 Å². The summed E-state index contributed by atoms with van der Waals surface area (Å²) in [5, 5.41) is 196. The zero-order valence-corrected chi connectivity index (χ0v) is 34.5. The van der Waals surface area contributed by atoms with Gasteiger partial charge in [0.1, 0.15) is 146 Å². The first-order valence-corrected chi connectivity index (χ1v) is 21.1. The molecule has 0 saturated carbocycles. The molecule has 30 nitrogen and oxygen atoms in total. The largest absolute Gasteiger partial charge is 0.394 e. The third-order valence-electron chi connectivity index (χ3n) is 12.7. The molecule has 12 bridgehead atoms. The van der Waals surface area contributed by atoms with Crippen molar-refractivity contribution in [1.82, 2.24) is 0 Å². The van der Waals surface area contributed by atoms with Gasteiger partial charge in [-0.05, 0) is 0 Å². The van der Waals surface area contributed by atoms with Crippen LogP contribution >= 0.6 is 0 Å². The average Bonchev–Trinajstić information content (AvgIpc) is 3.31. The van der Waals surface area contributed by atoms with Crippen molar-refractivity contribution < 1.29 is 149 Å². The fourth-order valence-electron chi connectivity index (χ4n) is 8.93. The third kappa shape index (κ3) is 10.0. The van der Waals surface area contributed by atoms with Gasteiger partial charge in [-0.15, -0.1) is 0 Å². The lowest BCUT2D eigenvalue weighted by atomic mass is 9.94. The molecule has 384 valence electrons. The van der Waals surface area contributed by atoms with Gasteiger partial charge in [0.25, 0.3) is 0 Å². The van der Waals surface area contributed by atoms with Crippen LogP contribution in [0.2, 0.25) is 0 Å². The molecule has 1 unspecified atom stereocenters. The summed E-state index contributed by atoms with van der Waals surface area (Å²) < 4.78 is 67.9. The first kappa shape index (κ1) is 52.6. The van der Waals surface area contributed by atoms with Gasteiger partial charge in [0, 0.05) is 0 Å². The second-order valence-electron chi connectivity index (χ2n) is 16.8. The van der Waals surface area contributed by atoms with Crippen molar-refractivity contribution in [2.75, 3.05) is 39.6 Å². The number of ether oxygens (including phenoxy) is 12. The minimum atomic E-state index is -2.15. The van der Waals surface area contributed by atoms with Crippen LogP contribution in [0.1, 0.15) is 0 Å².